The Morgan fingerprint density at radius 2 is 1.95 bits per heavy atom. The minimum atomic E-state index is -4.48. The summed E-state index contributed by atoms with van der Waals surface area (Å²) in [5, 5.41) is 8.91. The van der Waals surface area contributed by atoms with Crippen molar-refractivity contribution in [1.82, 2.24) is 0 Å². The second-order valence-electron chi connectivity index (χ2n) is 4.21. The molecule has 0 heterocycles. The molecule has 2 atom stereocenters. The summed E-state index contributed by atoms with van der Waals surface area (Å²) in [6.45, 7) is 0. The number of halogens is 6. The Morgan fingerprint density at radius 3 is 2.32 bits per heavy atom. The molecule has 0 bridgehead atoms. The van der Waals surface area contributed by atoms with Gasteiger partial charge in [0.2, 0.25) is 0 Å². The fourth-order valence-electron chi connectivity index (χ4n) is 2.00. The van der Waals surface area contributed by atoms with Crippen LogP contribution >= 0.6 is 39.1 Å². The van der Waals surface area contributed by atoms with E-state index in [2.05, 4.69) is 15.9 Å². The maximum atomic E-state index is 12.6. The number of carboxylic acid groups (broad SMARTS) is 1. The highest BCUT2D eigenvalue weighted by atomic mass is 79.9. The Labute approximate surface area is 124 Å². The summed E-state index contributed by atoms with van der Waals surface area (Å²) in [6, 6.07) is 3.27. The van der Waals surface area contributed by atoms with Crippen LogP contribution in [-0.2, 0) is 11.0 Å². The van der Waals surface area contributed by atoms with E-state index in [9.17, 15) is 18.0 Å². The number of rotatable bonds is 2. The molecule has 0 saturated heterocycles. The maximum Gasteiger partial charge on any atom is 0.417 e. The van der Waals surface area contributed by atoms with Crippen LogP contribution in [0.1, 0.15) is 17.0 Å². The van der Waals surface area contributed by atoms with Gasteiger partial charge >= 0.3 is 12.1 Å². The lowest BCUT2D eigenvalue weighted by Gasteiger charge is -2.10. The van der Waals surface area contributed by atoms with Crippen LogP contribution in [0.25, 0.3) is 0 Å². The Balaban J connectivity index is 2.35. The lowest BCUT2D eigenvalue weighted by Crippen LogP contribution is -2.06. The SMILES string of the molecule is O=C(O)C1C(c2ccc(C(F)(F)F)c(Br)c2)C1(Cl)Cl. The molecule has 19 heavy (non-hydrogen) atoms. The van der Waals surface area contributed by atoms with Gasteiger partial charge in [0.15, 0.2) is 0 Å². The molecule has 1 aliphatic rings. The minimum Gasteiger partial charge on any atom is -0.481 e. The predicted molar refractivity (Wildman–Crippen MR) is 67.4 cm³/mol. The van der Waals surface area contributed by atoms with Gasteiger partial charge in [-0.15, -0.1) is 0 Å². The summed E-state index contributed by atoms with van der Waals surface area (Å²) in [5.74, 6) is -2.91. The summed E-state index contributed by atoms with van der Waals surface area (Å²) in [5.41, 5.74) is -0.476. The molecule has 0 amide bonds. The van der Waals surface area contributed by atoms with Gasteiger partial charge in [0.25, 0.3) is 0 Å². The Bertz CT molecular complexity index is 545. The molecule has 0 aliphatic heterocycles. The zero-order valence-corrected chi connectivity index (χ0v) is 12.1. The van der Waals surface area contributed by atoms with Crippen LogP contribution in [0.3, 0.4) is 0 Å². The number of aliphatic carboxylic acids is 1. The third-order valence-electron chi connectivity index (χ3n) is 2.98. The minimum absolute atomic E-state index is 0.169. The average Bonchev–Trinajstić information content (AvgIpc) is 2.79. The van der Waals surface area contributed by atoms with Crippen molar-refractivity contribution < 1.29 is 23.1 Å². The van der Waals surface area contributed by atoms with E-state index in [1.165, 1.54) is 12.1 Å². The zero-order chi connectivity index (χ0) is 14.6. The molecule has 2 unspecified atom stereocenters. The smallest absolute Gasteiger partial charge is 0.417 e. The first kappa shape index (κ1) is 14.9. The third kappa shape index (κ3) is 2.58. The molecule has 1 N–H and O–H groups in total. The topological polar surface area (TPSA) is 37.3 Å². The molecule has 1 aliphatic carbocycles. The number of alkyl halides is 5. The van der Waals surface area contributed by atoms with Gasteiger partial charge in [-0.2, -0.15) is 13.2 Å². The lowest BCUT2D eigenvalue weighted by molar-refractivity contribution is -0.139. The standard InChI is InChI=1S/C11H6BrCl2F3O2/c12-6-3-4(1-2-5(6)11(15,16)17)7-8(9(18)19)10(7,13)14/h1-3,7-8H,(H,18,19). The molecule has 1 fully saturated rings. The number of carbonyl (C=O) groups is 1. The van der Waals surface area contributed by atoms with Crippen molar-refractivity contribution in [3.05, 3.63) is 33.8 Å². The van der Waals surface area contributed by atoms with Gasteiger partial charge in [-0.25, -0.2) is 0 Å². The largest absolute Gasteiger partial charge is 0.481 e. The van der Waals surface area contributed by atoms with E-state index in [4.69, 9.17) is 28.3 Å². The van der Waals surface area contributed by atoms with Gasteiger partial charge in [0.05, 0.1) is 11.5 Å². The van der Waals surface area contributed by atoms with Crippen molar-refractivity contribution in [2.24, 2.45) is 5.92 Å². The predicted octanol–water partition coefficient (Wildman–Crippen LogP) is 4.44. The first-order valence-corrected chi connectivity index (χ1v) is 6.59. The fourth-order valence-corrected chi connectivity index (χ4v) is 3.44. The monoisotopic (exact) mass is 376 g/mol. The van der Waals surface area contributed by atoms with Crippen molar-refractivity contribution in [1.29, 1.82) is 0 Å². The van der Waals surface area contributed by atoms with E-state index in [0.29, 0.717) is 5.56 Å². The molecule has 1 saturated carbocycles. The van der Waals surface area contributed by atoms with Crippen LogP contribution in [0.4, 0.5) is 13.2 Å². The lowest BCUT2D eigenvalue weighted by atomic mass is 10.1. The van der Waals surface area contributed by atoms with E-state index in [1.807, 2.05) is 0 Å². The zero-order valence-electron chi connectivity index (χ0n) is 9.01. The molecular formula is C11H6BrCl2F3O2. The van der Waals surface area contributed by atoms with Gasteiger partial charge in [0.1, 0.15) is 4.33 Å². The van der Waals surface area contributed by atoms with Crippen molar-refractivity contribution in [3.8, 4) is 0 Å². The second-order valence-corrected chi connectivity index (χ2v) is 6.50. The first-order valence-electron chi connectivity index (χ1n) is 5.04. The van der Waals surface area contributed by atoms with Gasteiger partial charge in [-0.3, -0.25) is 4.79 Å². The Hall–Kier alpha value is -0.460. The fraction of sp³-hybridized carbons (Fsp3) is 0.364. The summed E-state index contributed by atoms with van der Waals surface area (Å²) in [6.07, 6.45) is -4.48. The van der Waals surface area contributed by atoms with Crippen LogP contribution in [0.2, 0.25) is 0 Å². The third-order valence-corrected chi connectivity index (χ3v) is 4.57. The van der Waals surface area contributed by atoms with Crippen molar-refractivity contribution in [3.63, 3.8) is 0 Å². The van der Waals surface area contributed by atoms with Crippen LogP contribution in [0, 0.1) is 5.92 Å². The molecule has 0 spiro atoms. The highest BCUT2D eigenvalue weighted by Crippen LogP contribution is 2.65. The molecule has 2 nitrogen and oxygen atoms in total. The van der Waals surface area contributed by atoms with Gasteiger partial charge in [-0.1, -0.05) is 45.2 Å². The first-order chi connectivity index (χ1) is 8.56. The van der Waals surface area contributed by atoms with Gasteiger partial charge < -0.3 is 5.11 Å². The van der Waals surface area contributed by atoms with E-state index in [-0.39, 0.29) is 4.47 Å². The highest BCUT2D eigenvalue weighted by molar-refractivity contribution is 9.10. The van der Waals surface area contributed by atoms with Crippen molar-refractivity contribution >= 4 is 45.1 Å². The normalized spacial score (nSPS) is 25.2. The summed E-state index contributed by atoms with van der Waals surface area (Å²) in [4.78, 5) is 10.9. The molecule has 2 rings (SSSR count). The average molecular weight is 378 g/mol. The molecule has 1 aromatic carbocycles. The van der Waals surface area contributed by atoms with E-state index in [0.717, 1.165) is 6.07 Å². The van der Waals surface area contributed by atoms with Crippen LogP contribution < -0.4 is 0 Å². The van der Waals surface area contributed by atoms with Gasteiger partial charge in [0, 0.05) is 10.4 Å². The summed E-state index contributed by atoms with van der Waals surface area (Å²) < 4.78 is 36.1. The summed E-state index contributed by atoms with van der Waals surface area (Å²) in [7, 11) is 0. The molecule has 8 heteroatoms. The van der Waals surface area contributed by atoms with Crippen molar-refractivity contribution in [2.45, 2.75) is 16.4 Å². The molecule has 0 radical (unpaired) electrons. The highest BCUT2D eigenvalue weighted by Gasteiger charge is 2.68. The molecular weight excluding hydrogens is 372 g/mol. The molecule has 104 valence electrons. The van der Waals surface area contributed by atoms with Crippen molar-refractivity contribution in [2.75, 3.05) is 0 Å². The number of hydrogen-bond donors (Lipinski definition) is 1. The second kappa shape index (κ2) is 4.53. The van der Waals surface area contributed by atoms with E-state index < -0.39 is 33.9 Å². The van der Waals surface area contributed by atoms with E-state index >= 15 is 0 Å². The van der Waals surface area contributed by atoms with Crippen LogP contribution in [-0.4, -0.2) is 15.4 Å². The maximum absolute atomic E-state index is 12.6. The number of hydrogen-bond acceptors (Lipinski definition) is 1. The Kier molecular flexibility index (Phi) is 3.56. The number of benzene rings is 1. The summed E-state index contributed by atoms with van der Waals surface area (Å²) >= 11 is 14.5. The van der Waals surface area contributed by atoms with Crippen LogP contribution in [0.5, 0.6) is 0 Å². The molecule has 1 aromatic rings. The van der Waals surface area contributed by atoms with E-state index in [1.54, 1.807) is 0 Å². The molecule has 0 aromatic heterocycles. The quantitative estimate of drug-likeness (QED) is 0.773. The van der Waals surface area contributed by atoms with Gasteiger partial charge in [-0.05, 0) is 17.7 Å². The van der Waals surface area contributed by atoms with Crippen LogP contribution in [0.15, 0.2) is 22.7 Å². The number of carboxylic acids is 1. The Morgan fingerprint density at radius 1 is 1.37 bits per heavy atom.